The Kier molecular flexibility index (Phi) is 5.32. The lowest BCUT2D eigenvalue weighted by molar-refractivity contribution is 0.217. The van der Waals surface area contributed by atoms with Crippen molar-refractivity contribution in [1.29, 1.82) is 0 Å². The molecule has 3 rings (SSSR count). The van der Waals surface area contributed by atoms with Gasteiger partial charge in [-0.3, -0.25) is 4.90 Å². The molecule has 1 atom stereocenters. The predicted octanol–water partition coefficient (Wildman–Crippen LogP) is 3.53. The summed E-state index contributed by atoms with van der Waals surface area (Å²) in [6, 6.07) is 7.92. The third-order valence-corrected chi connectivity index (χ3v) is 5.00. The van der Waals surface area contributed by atoms with E-state index in [0.717, 1.165) is 6.54 Å². The molecule has 1 aliphatic carbocycles. The fourth-order valence-electron chi connectivity index (χ4n) is 3.92. The van der Waals surface area contributed by atoms with Crippen LogP contribution < -0.4 is 5.32 Å². The molecule has 2 nitrogen and oxygen atoms in total. The van der Waals surface area contributed by atoms with Crippen molar-refractivity contribution in [2.45, 2.75) is 64.5 Å². The summed E-state index contributed by atoms with van der Waals surface area (Å²) in [6.45, 7) is 7.06. The highest BCUT2D eigenvalue weighted by Gasteiger charge is 2.17. The van der Waals surface area contributed by atoms with Gasteiger partial charge in [0.05, 0.1) is 0 Å². The van der Waals surface area contributed by atoms with Crippen molar-refractivity contribution in [2.24, 2.45) is 0 Å². The van der Waals surface area contributed by atoms with Crippen LogP contribution in [0.3, 0.4) is 0 Å². The quantitative estimate of drug-likeness (QED) is 0.860. The van der Waals surface area contributed by atoms with Crippen LogP contribution in [0.15, 0.2) is 18.2 Å². The van der Waals surface area contributed by atoms with Gasteiger partial charge >= 0.3 is 0 Å². The molecule has 0 aromatic heterocycles. The van der Waals surface area contributed by atoms with Crippen molar-refractivity contribution in [3.8, 4) is 0 Å². The molecule has 1 heterocycles. The zero-order chi connectivity index (χ0) is 14.5. The van der Waals surface area contributed by atoms with Gasteiger partial charge in [-0.25, -0.2) is 0 Å². The Hall–Kier alpha value is -0.860. The Morgan fingerprint density at radius 2 is 2.05 bits per heavy atom. The molecule has 1 unspecified atom stereocenters. The number of hydrogen-bond donors (Lipinski definition) is 1. The molecule has 1 aromatic rings. The number of benzene rings is 1. The van der Waals surface area contributed by atoms with Gasteiger partial charge in [-0.1, -0.05) is 31.5 Å². The molecule has 0 bridgehead atoms. The summed E-state index contributed by atoms with van der Waals surface area (Å²) in [5.41, 5.74) is 4.72. The molecule has 0 amide bonds. The summed E-state index contributed by atoms with van der Waals surface area (Å²) in [5.74, 6) is 0. The fraction of sp³-hybridized carbons (Fsp3) is 0.684. The molecule has 2 aliphatic rings. The van der Waals surface area contributed by atoms with Crippen LogP contribution in [0.4, 0.5) is 0 Å². The van der Waals surface area contributed by atoms with E-state index >= 15 is 0 Å². The molecule has 0 spiro atoms. The molecule has 1 fully saturated rings. The first-order valence-electron chi connectivity index (χ1n) is 8.91. The number of rotatable bonds is 6. The van der Waals surface area contributed by atoms with Gasteiger partial charge in [-0.05, 0) is 68.3 Å². The zero-order valence-electron chi connectivity index (χ0n) is 13.5. The minimum absolute atomic E-state index is 0.708. The number of nitrogens with zero attached hydrogens (tertiary/aromatic N) is 1. The van der Waals surface area contributed by atoms with Gasteiger partial charge < -0.3 is 5.32 Å². The molecule has 0 saturated carbocycles. The van der Waals surface area contributed by atoms with E-state index in [4.69, 9.17) is 0 Å². The van der Waals surface area contributed by atoms with Gasteiger partial charge in [0, 0.05) is 19.1 Å². The van der Waals surface area contributed by atoms with E-state index in [-0.39, 0.29) is 0 Å². The summed E-state index contributed by atoms with van der Waals surface area (Å²) in [4.78, 5) is 2.65. The van der Waals surface area contributed by atoms with Crippen molar-refractivity contribution in [3.05, 3.63) is 34.9 Å². The zero-order valence-corrected chi connectivity index (χ0v) is 13.5. The van der Waals surface area contributed by atoms with Gasteiger partial charge in [-0.2, -0.15) is 0 Å². The van der Waals surface area contributed by atoms with Gasteiger partial charge in [0.15, 0.2) is 0 Å². The van der Waals surface area contributed by atoms with Gasteiger partial charge in [0.25, 0.3) is 0 Å². The second-order valence-corrected chi connectivity index (χ2v) is 6.84. The first-order valence-corrected chi connectivity index (χ1v) is 8.91. The lowest BCUT2D eigenvalue weighted by Crippen LogP contribution is -2.43. The van der Waals surface area contributed by atoms with Crippen LogP contribution in [-0.4, -0.2) is 30.6 Å². The fourth-order valence-corrected chi connectivity index (χ4v) is 3.92. The van der Waals surface area contributed by atoms with Crippen LogP contribution in [0.2, 0.25) is 0 Å². The van der Waals surface area contributed by atoms with Crippen molar-refractivity contribution >= 4 is 0 Å². The van der Waals surface area contributed by atoms with Crippen LogP contribution >= 0.6 is 0 Å². The number of nitrogens with one attached hydrogen (secondary N) is 1. The Bertz CT molecular complexity index is 449. The molecule has 116 valence electrons. The summed E-state index contributed by atoms with van der Waals surface area (Å²) in [6.07, 6.45) is 9.29. The van der Waals surface area contributed by atoms with Crippen LogP contribution in [0.5, 0.6) is 0 Å². The van der Waals surface area contributed by atoms with Crippen LogP contribution in [-0.2, 0) is 19.4 Å². The lowest BCUT2D eigenvalue weighted by atomic mass is 10.0. The van der Waals surface area contributed by atoms with E-state index in [2.05, 4.69) is 35.3 Å². The minimum atomic E-state index is 0.708. The van der Waals surface area contributed by atoms with E-state index in [9.17, 15) is 0 Å². The van der Waals surface area contributed by atoms with Crippen LogP contribution in [0.25, 0.3) is 0 Å². The van der Waals surface area contributed by atoms with Crippen molar-refractivity contribution < 1.29 is 0 Å². The number of hydrogen-bond acceptors (Lipinski definition) is 2. The van der Waals surface area contributed by atoms with Crippen LogP contribution in [0.1, 0.15) is 55.7 Å². The molecule has 2 heteroatoms. The highest BCUT2D eigenvalue weighted by atomic mass is 15.1. The third-order valence-electron chi connectivity index (χ3n) is 5.00. The summed E-state index contributed by atoms with van der Waals surface area (Å²) in [7, 11) is 0. The number of aryl methyl sites for hydroxylation is 2. The lowest BCUT2D eigenvalue weighted by Gasteiger charge is -2.30. The van der Waals surface area contributed by atoms with Crippen molar-refractivity contribution in [2.75, 3.05) is 19.6 Å². The minimum Gasteiger partial charge on any atom is -0.313 e. The second kappa shape index (κ2) is 7.42. The van der Waals surface area contributed by atoms with Gasteiger partial charge in [0.2, 0.25) is 0 Å². The Labute approximate surface area is 129 Å². The maximum atomic E-state index is 3.69. The molecule has 1 saturated heterocycles. The summed E-state index contributed by atoms with van der Waals surface area (Å²) >= 11 is 0. The van der Waals surface area contributed by atoms with Gasteiger partial charge in [0.1, 0.15) is 0 Å². The van der Waals surface area contributed by atoms with E-state index < -0.39 is 0 Å². The summed E-state index contributed by atoms with van der Waals surface area (Å²) in [5, 5.41) is 3.69. The summed E-state index contributed by atoms with van der Waals surface area (Å²) < 4.78 is 0. The monoisotopic (exact) mass is 286 g/mol. The van der Waals surface area contributed by atoms with E-state index in [1.807, 2.05) is 0 Å². The molecular weight excluding hydrogens is 256 g/mol. The maximum Gasteiger partial charge on any atom is 0.0234 e. The largest absolute Gasteiger partial charge is 0.313 e. The Morgan fingerprint density at radius 1 is 1.14 bits per heavy atom. The molecule has 1 aromatic carbocycles. The molecule has 0 radical (unpaired) electrons. The topological polar surface area (TPSA) is 15.3 Å². The maximum absolute atomic E-state index is 3.69. The smallest absolute Gasteiger partial charge is 0.0234 e. The Morgan fingerprint density at radius 3 is 2.86 bits per heavy atom. The first kappa shape index (κ1) is 15.1. The third kappa shape index (κ3) is 4.08. The van der Waals surface area contributed by atoms with Crippen LogP contribution in [0, 0.1) is 0 Å². The number of piperidine rings is 1. The van der Waals surface area contributed by atoms with E-state index in [0.29, 0.717) is 6.04 Å². The Balaban J connectivity index is 1.61. The average molecular weight is 286 g/mol. The SMILES string of the molecule is CCCN(Cc1ccc2c(c1)CCC2)CC1CCCCN1. The normalized spacial score (nSPS) is 21.7. The van der Waals surface area contributed by atoms with Crippen molar-refractivity contribution in [1.82, 2.24) is 10.2 Å². The van der Waals surface area contributed by atoms with Crippen molar-refractivity contribution in [3.63, 3.8) is 0 Å². The highest BCUT2D eigenvalue weighted by Crippen LogP contribution is 2.23. The molecule has 21 heavy (non-hydrogen) atoms. The van der Waals surface area contributed by atoms with Gasteiger partial charge in [-0.15, -0.1) is 0 Å². The standard InChI is InChI=1S/C19H30N2/c1-2-12-21(15-19-8-3-4-11-20-19)14-16-9-10-17-6-5-7-18(17)13-16/h9-10,13,19-20H,2-8,11-12,14-15H2,1H3. The molecule has 1 aliphatic heterocycles. The molecular formula is C19H30N2. The predicted molar refractivity (Wildman–Crippen MR) is 89.7 cm³/mol. The highest BCUT2D eigenvalue weighted by molar-refractivity contribution is 5.35. The average Bonchev–Trinajstić information content (AvgIpc) is 2.96. The first-order chi connectivity index (χ1) is 10.3. The molecule has 1 N–H and O–H groups in total. The number of fused-ring (bicyclic) bond motifs is 1. The van der Waals surface area contributed by atoms with E-state index in [1.165, 1.54) is 70.1 Å². The van der Waals surface area contributed by atoms with E-state index in [1.54, 1.807) is 11.1 Å². The second-order valence-electron chi connectivity index (χ2n) is 6.84.